The minimum atomic E-state index is -3.89. The Balaban J connectivity index is 1.78. The standard InChI is InChI=1S/C24H25NO5S2/c1-5-25(32(28,29)22-13-7-17(3)23(15-22)24(26)27)31-21-11-9-19(10-12-21)30-20-8-6-16(2)18(4)14-20/h6-15H,5H2,1-4H3,(H,26,27). The van der Waals surface area contributed by atoms with E-state index in [0.717, 1.165) is 23.3 Å². The molecule has 0 saturated heterocycles. The summed E-state index contributed by atoms with van der Waals surface area (Å²) in [7, 11) is -3.89. The maximum absolute atomic E-state index is 13.1. The summed E-state index contributed by atoms with van der Waals surface area (Å²) in [6, 6.07) is 17.2. The molecule has 0 amide bonds. The van der Waals surface area contributed by atoms with Gasteiger partial charge in [-0.3, -0.25) is 0 Å². The second-order valence-electron chi connectivity index (χ2n) is 7.32. The molecule has 0 bridgehead atoms. The summed E-state index contributed by atoms with van der Waals surface area (Å²) >= 11 is 1.07. The van der Waals surface area contributed by atoms with E-state index in [-0.39, 0.29) is 17.0 Å². The van der Waals surface area contributed by atoms with Crippen LogP contribution in [0.25, 0.3) is 0 Å². The minimum absolute atomic E-state index is 0.0278. The summed E-state index contributed by atoms with van der Waals surface area (Å²) < 4.78 is 33.3. The third-order valence-electron chi connectivity index (χ3n) is 5.01. The Bertz CT molecular complexity index is 1240. The predicted octanol–water partition coefficient (Wildman–Crippen LogP) is 5.82. The fourth-order valence-corrected chi connectivity index (χ4v) is 5.61. The summed E-state index contributed by atoms with van der Waals surface area (Å²) in [4.78, 5) is 12.1. The van der Waals surface area contributed by atoms with Crippen LogP contribution in [-0.4, -0.2) is 29.7 Å². The molecule has 168 valence electrons. The predicted molar refractivity (Wildman–Crippen MR) is 126 cm³/mol. The number of sulfonamides is 1. The maximum atomic E-state index is 13.1. The lowest BCUT2D eigenvalue weighted by atomic mass is 10.1. The van der Waals surface area contributed by atoms with E-state index in [1.54, 1.807) is 38.1 Å². The normalized spacial score (nSPS) is 11.5. The molecule has 0 aliphatic rings. The molecule has 0 aromatic heterocycles. The number of hydrogen-bond acceptors (Lipinski definition) is 5. The summed E-state index contributed by atoms with van der Waals surface area (Å²) in [5.41, 5.74) is 2.81. The van der Waals surface area contributed by atoms with Gasteiger partial charge in [0, 0.05) is 11.4 Å². The Hall–Kier alpha value is -2.81. The van der Waals surface area contributed by atoms with Crippen molar-refractivity contribution in [3.8, 4) is 11.5 Å². The molecule has 0 aliphatic heterocycles. The molecule has 0 heterocycles. The second-order valence-corrected chi connectivity index (χ2v) is 10.5. The number of carboxylic acids is 1. The zero-order chi connectivity index (χ0) is 23.5. The first-order chi connectivity index (χ1) is 15.1. The first-order valence-electron chi connectivity index (χ1n) is 10.0. The van der Waals surface area contributed by atoms with E-state index in [1.807, 2.05) is 32.0 Å². The molecule has 0 radical (unpaired) electrons. The Kier molecular flexibility index (Phi) is 7.28. The summed E-state index contributed by atoms with van der Waals surface area (Å²) in [5, 5.41) is 9.32. The van der Waals surface area contributed by atoms with Gasteiger partial charge in [-0.2, -0.15) is 0 Å². The molecule has 3 rings (SSSR count). The highest BCUT2D eigenvalue weighted by Crippen LogP contribution is 2.32. The van der Waals surface area contributed by atoms with Crippen molar-refractivity contribution in [3.63, 3.8) is 0 Å². The van der Waals surface area contributed by atoms with E-state index in [0.29, 0.717) is 16.2 Å². The molecule has 3 aromatic carbocycles. The Morgan fingerprint density at radius 2 is 1.53 bits per heavy atom. The second kappa shape index (κ2) is 9.77. The van der Waals surface area contributed by atoms with Gasteiger partial charge in [-0.25, -0.2) is 13.2 Å². The van der Waals surface area contributed by atoms with Crippen LogP contribution < -0.4 is 4.74 Å². The number of aryl methyl sites for hydroxylation is 3. The van der Waals surface area contributed by atoms with E-state index in [9.17, 15) is 18.3 Å². The molecular weight excluding hydrogens is 446 g/mol. The van der Waals surface area contributed by atoms with Crippen molar-refractivity contribution in [3.05, 3.63) is 82.9 Å². The number of carboxylic acid groups (broad SMARTS) is 1. The van der Waals surface area contributed by atoms with Gasteiger partial charge in [0.25, 0.3) is 10.0 Å². The van der Waals surface area contributed by atoms with Crippen LogP contribution in [0.1, 0.15) is 34.0 Å². The fourth-order valence-electron chi connectivity index (χ4n) is 2.99. The van der Waals surface area contributed by atoms with Gasteiger partial charge in [-0.1, -0.05) is 19.1 Å². The van der Waals surface area contributed by atoms with E-state index in [2.05, 4.69) is 0 Å². The SMILES string of the molecule is CCN(Sc1ccc(Oc2ccc(C)c(C)c2)cc1)S(=O)(=O)c1ccc(C)c(C(=O)O)c1. The van der Waals surface area contributed by atoms with Crippen molar-refractivity contribution in [1.29, 1.82) is 0 Å². The Morgan fingerprint density at radius 3 is 2.12 bits per heavy atom. The van der Waals surface area contributed by atoms with Gasteiger partial charge < -0.3 is 9.84 Å². The van der Waals surface area contributed by atoms with Crippen LogP contribution in [0.4, 0.5) is 0 Å². The first kappa shape index (κ1) is 23.8. The van der Waals surface area contributed by atoms with Gasteiger partial charge in [0.2, 0.25) is 0 Å². The number of benzene rings is 3. The van der Waals surface area contributed by atoms with E-state index in [1.165, 1.54) is 27.5 Å². The zero-order valence-electron chi connectivity index (χ0n) is 18.3. The third-order valence-corrected chi connectivity index (χ3v) is 8.41. The smallest absolute Gasteiger partial charge is 0.335 e. The van der Waals surface area contributed by atoms with Crippen LogP contribution in [-0.2, 0) is 10.0 Å². The minimum Gasteiger partial charge on any atom is -0.478 e. The van der Waals surface area contributed by atoms with E-state index < -0.39 is 16.0 Å². The van der Waals surface area contributed by atoms with Crippen LogP contribution in [0.3, 0.4) is 0 Å². The van der Waals surface area contributed by atoms with Gasteiger partial charge in [0.1, 0.15) is 11.5 Å². The number of nitrogens with zero attached hydrogens (tertiary/aromatic N) is 1. The van der Waals surface area contributed by atoms with Gasteiger partial charge >= 0.3 is 5.97 Å². The number of hydrogen-bond donors (Lipinski definition) is 1. The fraction of sp³-hybridized carbons (Fsp3) is 0.208. The van der Waals surface area contributed by atoms with Crippen LogP contribution in [0, 0.1) is 20.8 Å². The van der Waals surface area contributed by atoms with E-state index in [4.69, 9.17) is 4.74 Å². The van der Waals surface area contributed by atoms with Crippen molar-refractivity contribution in [1.82, 2.24) is 3.71 Å². The van der Waals surface area contributed by atoms with Gasteiger partial charge in [0.15, 0.2) is 0 Å². The molecule has 0 unspecified atom stereocenters. The molecule has 0 fully saturated rings. The lowest BCUT2D eigenvalue weighted by molar-refractivity contribution is 0.0696. The highest BCUT2D eigenvalue weighted by Gasteiger charge is 2.26. The lowest BCUT2D eigenvalue weighted by Crippen LogP contribution is -2.24. The summed E-state index contributed by atoms with van der Waals surface area (Å²) in [5.74, 6) is 0.225. The van der Waals surface area contributed by atoms with Crippen LogP contribution in [0.5, 0.6) is 11.5 Å². The third kappa shape index (κ3) is 5.32. The highest BCUT2D eigenvalue weighted by atomic mass is 32.3. The van der Waals surface area contributed by atoms with Crippen molar-refractivity contribution in [2.45, 2.75) is 37.5 Å². The number of ether oxygens (including phenoxy) is 1. The molecule has 0 aliphatic carbocycles. The van der Waals surface area contributed by atoms with Crippen molar-refractivity contribution < 1.29 is 23.1 Å². The zero-order valence-corrected chi connectivity index (χ0v) is 20.0. The molecule has 3 aromatic rings. The molecule has 0 saturated carbocycles. The average Bonchev–Trinajstić information content (AvgIpc) is 2.75. The van der Waals surface area contributed by atoms with Crippen molar-refractivity contribution >= 4 is 27.9 Å². The van der Waals surface area contributed by atoms with E-state index >= 15 is 0 Å². The van der Waals surface area contributed by atoms with Crippen LogP contribution in [0.2, 0.25) is 0 Å². The molecule has 1 N–H and O–H groups in total. The number of rotatable bonds is 8. The number of carbonyl (C=O) groups is 1. The largest absolute Gasteiger partial charge is 0.478 e. The molecule has 6 nitrogen and oxygen atoms in total. The van der Waals surface area contributed by atoms with Crippen molar-refractivity contribution in [2.24, 2.45) is 0 Å². The van der Waals surface area contributed by atoms with Crippen molar-refractivity contribution in [2.75, 3.05) is 6.54 Å². The topological polar surface area (TPSA) is 83.9 Å². The molecule has 0 spiro atoms. The van der Waals surface area contributed by atoms with Gasteiger partial charge in [0.05, 0.1) is 10.5 Å². The molecular formula is C24H25NO5S2. The Morgan fingerprint density at radius 1 is 0.906 bits per heavy atom. The molecule has 8 heteroatoms. The molecule has 32 heavy (non-hydrogen) atoms. The van der Waals surface area contributed by atoms with Crippen LogP contribution in [0.15, 0.2) is 70.5 Å². The van der Waals surface area contributed by atoms with Gasteiger partial charge in [-0.05, 0) is 97.9 Å². The summed E-state index contributed by atoms with van der Waals surface area (Å²) in [6.45, 7) is 7.64. The monoisotopic (exact) mass is 471 g/mol. The maximum Gasteiger partial charge on any atom is 0.335 e. The Labute approximate surface area is 193 Å². The quantitative estimate of drug-likeness (QED) is 0.417. The first-order valence-corrected chi connectivity index (χ1v) is 12.2. The molecule has 0 atom stereocenters. The lowest BCUT2D eigenvalue weighted by Gasteiger charge is -2.20. The van der Waals surface area contributed by atoms with Crippen LogP contribution >= 0.6 is 11.9 Å². The number of aromatic carboxylic acids is 1. The van der Waals surface area contributed by atoms with Gasteiger partial charge in [-0.15, -0.1) is 3.71 Å². The highest BCUT2D eigenvalue weighted by molar-refractivity contribution is 8.08. The summed E-state index contributed by atoms with van der Waals surface area (Å²) in [6.07, 6.45) is 0. The average molecular weight is 472 g/mol.